The molecule has 2 nitrogen and oxygen atoms in total. The van der Waals surface area contributed by atoms with E-state index in [-0.39, 0.29) is 27.1 Å². The molecule has 0 bridgehead atoms. The molecule has 7 aromatic rings. The van der Waals surface area contributed by atoms with Gasteiger partial charge in [-0.3, -0.25) is 0 Å². The third kappa shape index (κ3) is 4.10. The van der Waals surface area contributed by atoms with Gasteiger partial charge in [-0.05, 0) is 0 Å². The summed E-state index contributed by atoms with van der Waals surface area (Å²) in [5, 5.41) is 2.88. The molecule has 49 heavy (non-hydrogen) atoms. The zero-order valence-corrected chi connectivity index (χ0v) is 30.8. The van der Waals surface area contributed by atoms with Crippen LogP contribution in [0.4, 0.5) is 0 Å². The summed E-state index contributed by atoms with van der Waals surface area (Å²) >= 11 is 2.25. The van der Waals surface area contributed by atoms with Crippen LogP contribution < -0.4 is 25.3 Å². The van der Waals surface area contributed by atoms with E-state index in [2.05, 4.69) is 127 Å². The monoisotopic (exact) mass is 716 g/mol. The molecule has 5 heteroatoms. The van der Waals surface area contributed by atoms with Crippen molar-refractivity contribution in [3.8, 4) is 11.4 Å². The Hall–Kier alpha value is -3.89. The summed E-state index contributed by atoms with van der Waals surface area (Å²) in [6.07, 6.45) is 7.24. The van der Waals surface area contributed by atoms with E-state index in [4.69, 9.17) is 0 Å². The van der Waals surface area contributed by atoms with Gasteiger partial charge in [-0.25, -0.2) is 0 Å². The Morgan fingerprint density at radius 3 is 1.88 bits per heavy atom. The standard InChI is InChI=1S/C44H37BN2SSe/c1-44(2,3)26-22-40-43-42(23-26)49-41-25-28(47-36-15-7-5-11-30(36)32-13-9-17-38(32)47)19-21-34(41)45(43)33-20-18-27(24-39(33)48-40)46-35-14-6-4-10-29(35)31-12-8-16-37(31)46/h4-7,10-11,14-15,18-25H,8-9,12-13,16-17H2,1-3H3. The van der Waals surface area contributed by atoms with Gasteiger partial charge in [0.2, 0.25) is 0 Å². The molecule has 4 aliphatic rings. The van der Waals surface area contributed by atoms with Crippen LogP contribution in [0.25, 0.3) is 33.2 Å². The minimum absolute atomic E-state index is 0.0944. The molecule has 11 rings (SSSR count). The molecule has 238 valence electrons. The van der Waals surface area contributed by atoms with Crippen LogP contribution in [-0.4, -0.2) is 30.8 Å². The number of fused-ring (bicyclic) bond motifs is 10. The van der Waals surface area contributed by atoms with Crippen molar-refractivity contribution in [2.45, 2.75) is 74.5 Å². The van der Waals surface area contributed by atoms with E-state index in [0.717, 1.165) is 6.42 Å². The summed E-state index contributed by atoms with van der Waals surface area (Å²) in [6, 6.07) is 38.1. The van der Waals surface area contributed by atoms with Gasteiger partial charge in [-0.2, -0.15) is 0 Å². The molecule has 0 saturated carbocycles. The normalized spacial score (nSPS) is 15.8. The van der Waals surface area contributed by atoms with Crippen molar-refractivity contribution in [2.24, 2.45) is 0 Å². The van der Waals surface area contributed by atoms with Gasteiger partial charge in [-0.15, -0.1) is 0 Å². The second-order valence-corrected chi connectivity index (χ2v) is 18.8. The van der Waals surface area contributed by atoms with E-state index in [1.165, 1.54) is 103 Å². The van der Waals surface area contributed by atoms with E-state index < -0.39 is 0 Å². The summed E-state index contributed by atoms with van der Waals surface area (Å²) in [7, 11) is 0. The van der Waals surface area contributed by atoms with Crippen molar-refractivity contribution in [3.05, 3.63) is 125 Å². The van der Waals surface area contributed by atoms with E-state index in [0.29, 0.717) is 0 Å². The van der Waals surface area contributed by atoms with Gasteiger partial charge in [-0.1, -0.05) is 0 Å². The number of aryl methyl sites for hydroxylation is 2. The zero-order chi connectivity index (χ0) is 32.6. The maximum absolute atomic E-state index is 2.59. The average molecular weight is 716 g/mol. The van der Waals surface area contributed by atoms with E-state index in [1.807, 2.05) is 11.8 Å². The molecule has 2 aromatic heterocycles. The van der Waals surface area contributed by atoms with Crippen LogP contribution in [0.15, 0.2) is 107 Å². The molecule has 0 N–H and O–H groups in total. The second kappa shape index (κ2) is 10.3. The van der Waals surface area contributed by atoms with Gasteiger partial charge in [0.25, 0.3) is 0 Å². The number of para-hydroxylation sites is 2. The summed E-state index contributed by atoms with van der Waals surface area (Å²) < 4.78 is 8.29. The average Bonchev–Trinajstić information content (AvgIpc) is 3.89. The Kier molecular flexibility index (Phi) is 6.09. The number of aromatic nitrogens is 2. The van der Waals surface area contributed by atoms with E-state index in [1.54, 1.807) is 25.5 Å². The maximum atomic E-state index is 2.59. The van der Waals surface area contributed by atoms with Crippen molar-refractivity contribution < 1.29 is 0 Å². The third-order valence-corrected chi connectivity index (χ3v) is 15.2. The van der Waals surface area contributed by atoms with Crippen molar-refractivity contribution in [2.75, 3.05) is 0 Å². The molecule has 0 unspecified atom stereocenters. The van der Waals surface area contributed by atoms with Crippen LogP contribution in [0, 0.1) is 0 Å². The molecule has 4 heterocycles. The number of hydrogen-bond acceptors (Lipinski definition) is 1. The first-order valence-electron chi connectivity index (χ1n) is 18.0. The molecule has 5 aromatic carbocycles. The molecule has 0 atom stereocenters. The Balaban J connectivity index is 1.11. The molecular weight excluding hydrogens is 678 g/mol. The number of benzene rings is 5. The Labute approximate surface area is 299 Å². The number of hydrogen-bond donors (Lipinski definition) is 0. The molecule has 0 radical (unpaired) electrons. The molecule has 2 aliphatic heterocycles. The van der Waals surface area contributed by atoms with Gasteiger partial charge in [0.1, 0.15) is 0 Å². The van der Waals surface area contributed by atoms with Gasteiger partial charge in [0.05, 0.1) is 0 Å². The number of rotatable bonds is 2. The summed E-state index contributed by atoms with van der Waals surface area (Å²) in [6.45, 7) is 7.38. The first kappa shape index (κ1) is 28.9. The molecule has 0 spiro atoms. The SMILES string of the molecule is CC(C)(C)c1cc2c3c(c1)[Se]c1cc(-n4c5c(c6ccccc64)CCC5)ccc1B3c1ccc(-n3c4c(c5ccccc53)CCC4)cc1S2. The zero-order valence-electron chi connectivity index (χ0n) is 28.3. The number of nitrogens with zero attached hydrogens (tertiary/aromatic N) is 2. The van der Waals surface area contributed by atoms with Crippen molar-refractivity contribution in [1.82, 2.24) is 9.13 Å². The van der Waals surface area contributed by atoms with Crippen LogP contribution in [0.3, 0.4) is 0 Å². The fourth-order valence-corrected chi connectivity index (χ4v) is 13.4. The van der Waals surface area contributed by atoms with E-state index >= 15 is 0 Å². The van der Waals surface area contributed by atoms with E-state index in [9.17, 15) is 0 Å². The molecule has 0 saturated heterocycles. The Bertz CT molecular complexity index is 2400. The fraction of sp³-hybridized carbons (Fsp3) is 0.227. The second-order valence-electron chi connectivity index (χ2n) is 15.5. The van der Waals surface area contributed by atoms with Crippen molar-refractivity contribution >= 4 is 80.5 Å². The molecular formula is C44H37BN2SSe. The molecule has 0 amide bonds. The summed E-state index contributed by atoms with van der Waals surface area (Å²) in [5.74, 6) is 0. The van der Waals surface area contributed by atoms with Crippen LogP contribution in [0.1, 0.15) is 61.7 Å². The van der Waals surface area contributed by atoms with Crippen molar-refractivity contribution in [3.63, 3.8) is 0 Å². The predicted octanol–water partition coefficient (Wildman–Crippen LogP) is 6.80. The summed E-state index contributed by atoms with van der Waals surface area (Å²) in [4.78, 5) is 2.88. The quantitative estimate of drug-likeness (QED) is 0.179. The molecule has 2 aliphatic carbocycles. The predicted molar refractivity (Wildman–Crippen MR) is 210 cm³/mol. The van der Waals surface area contributed by atoms with Gasteiger partial charge in [0, 0.05) is 0 Å². The van der Waals surface area contributed by atoms with Crippen LogP contribution >= 0.6 is 11.8 Å². The molecule has 0 fully saturated rings. The van der Waals surface area contributed by atoms with Crippen molar-refractivity contribution in [1.29, 1.82) is 0 Å². The third-order valence-electron chi connectivity index (χ3n) is 11.7. The van der Waals surface area contributed by atoms with Crippen LogP contribution in [0.5, 0.6) is 0 Å². The first-order chi connectivity index (χ1) is 23.9. The topological polar surface area (TPSA) is 9.86 Å². The van der Waals surface area contributed by atoms with Crippen LogP contribution in [-0.2, 0) is 31.1 Å². The van der Waals surface area contributed by atoms with Gasteiger partial charge < -0.3 is 0 Å². The summed E-state index contributed by atoms with van der Waals surface area (Å²) in [5.41, 5.74) is 17.6. The van der Waals surface area contributed by atoms with Gasteiger partial charge >= 0.3 is 301 Å². The first-order valence-corrected chi connectivity index (χ1v) is 20.5. The minimum atomic E-state index is 0.0944. The van der Waals surface area contributed by atoms with Crippen LogP contribution in [0.2, 0.25) is 0 Å². The van der Waals surface area contributed by atoms with Gasteiger partial charge in [0.15, 0.2) is 0 Å². The Morgan fingerprint density at radius 2 is 1.22 bits per heavy atom. The Morgan fingerprint density at radius 1 is 0.612 bits per heavy atom. The fourth-order valence-electron chi connectivity index (χ4n) is 9.44.